The molecule has 0 aromatic carbocycles. The van der Waals surface area contributed by atoms with Gasteiger partial charge in [-0.25, -0.2) is 0 Å². The molecule has 0 fully saturated rings. The molecule has 0 spiro atoms. The van der Waals surface area contributed by atoms with E-state index in [0.717, 1.165) is 24.4 Å². The molecule has 16 heavy (non-hydrogen) atoms. The van der Waals surface area contributed by atoms with Crippen molar-refractivity contribution < 1.29 is 9.47 Å². The van der Waals surface area contributed by atoms with Crippen LogP contribution in [0.25, 0.3) is 0 Å². The van der Waals surface area contributed by atoms with Gasteiger partial charge in [-0.2, -0.15) is 0 Å². The van der Waals surface area contributed by atoms with Crippen molar-refractivity contribution in [3.05, 3.63) is 36.3 Å². The molecule has 92 valence electrons. The molecular formula is C14H24O2. The molecule has 0 aromatic rings. The van der Waals surface area contributed by atoms with Gasteiger partial charge in [0.1, 0.15) is 0 Å². The van der Waals surface area contributed by atoms with Crippen LogP contribution >= 0.6 is 0 Å². The van der Waals surface area contributed by atoms with E-state index in [9.17, 15) is 0 Å². The van der Waals surface area contributed by atoms with Crippen LogP contribution in [0.3, 0.4) is 0 Å². The molecule has 2 nitrogen and oxygen atoms in total. The summed E-state index contributed by atoms with van der Waals surface area (Å²) in [4.78, 5) is 0. The summed E-state index contributed by atoms with van der Waals surface area (Å²) in [5.74, 6) is 1.05. The molecule has 0 amide bonds. The van der Waals surface area contributed by atoms with Gasteiger partial charge in [0.05, 0.1) is 0 Å². The van der Waals surface area contributed by atoms with Crippen LogP contribution in [-0.4, -0.2) is 5.79 Å². The molecule has 0 bridgehead atoms. The first-order valence-electron chi connectivity index (χ1n) is 6.08. The van der Waals surface area contributed by atoms with E-state index in [1.807, 2.05) is 32.9 Å². The van der Waals surface area contributed by atoms with E-state index in [4.69, 9.17) is 9.47 Å². The van der Waals surface area contributed by atoms with E-state index in [2.05, 4.69) is 20.4 Å². The monoisotopic (exact) mass is 224 g/mol. The molecule has 1 aliphatic rings. The Hall–Kier alpha value is -1.18. The second-order valence-corrected chi connectivity index (χ2v) is 3.25. The lowest BCUT2D eigenvalue weighted by atomic mass is 10.1. The smallest absolute Gasteiger partial charge is 0.251 e. The SMILES string of the molecule is C=CC1=C(/C=C\C)OC(CC)(CC)O1.CC. The first-order chi connectivity index (χ1) is 7.71. The number of rotatable bonds is 4. The molecule has 0 aromatic heterocycles. The van der Waals surface area contributed by atoms with Crippen LogP contribution < -0.4 is 0 Å². The third-order valence-electron chi connectivity index (χ3n) is 2.42. The van der Waals surface area contributed by atoms with Gasteiger partial charge in [-0.3, -0.25) is 0 Å². The Morgan fingerprint density at radius 2 is 1.62 bits per heavy atom. The maximum Gasteiger partial charge on any atom is 0.251 e. The molecule has 1 heterocycles. The van der Waals surface area contributed by atoms with E-state index < -0.39 is 5.79 Å². The standard InChI is InChI=1S/C12H18O2.C2H6/c1-5-9-11-10(6-2)13-12(7-3,8-4)14-11;1-2/h5-6,9H,2,7-8H2,1,3-4H3;1-2H3/b9-5-;. The van der Waals surface area contributed by atoms with Crippen LogP contribution in [0.15, 0.2) is 36.3 Å². The van der Waals surface area contributed by atoms with Gasteiger partial charge in [-0.1, -0.05) is 40.3 Å². The summed E-state index contributed by atoms with van der Waals surface area (Å²) >= 11 is 0. The minimum atomic E-state index is -0.474. The van der Waals surface area contributed by atoms with Gasteiger partial charge < -0.3 is 9.47 Å². The molecule has 2 heteroatoms. The van der Waals surface area contributed by atoms with E-state index in [1.165, 1.54) is 0 Å². The predicted molar refractivity (Wildman–Crippen MR) is 68.9 cm³/mol. The van der Waals surface area contributed by atoms with Crippen LogP contribution in [0, 0.1) is 0 Å². The third kappa shape index (κ3) is 3.16. The van der Waals surface area contributed by atoms with Crippen molar-refractivity contribution in [2.45, 2.75) is 53.2 Å². The molecule has 1 aliphatic heterocycles. The number of ether oxygens (including phenoxy) is 2. The average molecular weight is 224 g/mol. The summed E-state index contributed by atoms with van der Waals surface area (Å²) in [5, 5.41) is 0. The zero-order valence-electron chi connectivity index (χ0n) is 11.2. The Labute approximate surface area is 99.6 Å². The van der Waals surface area contributed by atoms with E-state index in [0.29, 0.717) is 0 Å². The number of hydrogen-bond donors (Lipinski definition) is 0. The highest BCUT2D eigenvalue weighted by molar-refractivity contribution is 5.26. The largest absolute Gasteiger partial charge is 0.448 e. The van der Waals surface area contributed by atoms with Crippen molar-refractivity contribution in [1.29, 1.82) is 0 Å². The summed E-state index contributed by atoms with van der Waals surface area (Å²) in [6.07, 6.45) is 7.21. The van der Waals surface area contributed by atoms with E-state index >= 15 is 0 Å². The molecule has 0 atom stereocenters. The molecule has 0 saturated carbocycles. The lowest BCUT2D eigenvalue weighted by Gasteiger charge is -2.25. The van der Waals surface area contributed by atoms with Gasteiger partial charge in [0.2, 0.25) is 0 Å². The van der Waals surface area contributed by atoms with Gasteiger partial charge in [-0.15, -0.1) is 0 Å². The molecule has 0 N–H and O–H groups in total. The van der Waals surface area contributed by atoms with Gasteiger partial charge in [0, 0.05) is 12.8 Å². The molecule has 0 aliphatic carbocycles. The Morgan fingerprint density at radius 1 is 1.12 bits per heavy atom. The zero-order chi connectivity index (χ0) is 12.6. The highest BCUT2D eigenvalue weighted by atomic mass is 16.7. The normalized spacial score (nSPS) is 17.6. The van der Waals surface area contributed by atoms with Crippen molar-refractivity contribution in [1.82, 2.24) is 0 Å². The fourth-order valence-corrected chi connectivity index (χ4v) is 1.47. The summed E-state index contributed by atoms with van der Waals surface area (Å²) in [6, 6.07) is 0. The molecule has 0 unspecified atom stereocenters. The van der Waals surface area contributed by atoms with Crippen LogP contribution in [0.4, 0.5) is 0 Å². The van der Waals surface area contributed by atoms with E-state index in [-0.39, 0.29) is 0 Å². The number of allylic oxidation sites excluding steroid dienone is 3. The van der Waals surface area contributed by atoms with Crippen molar-refractivity contribution in [3.63, 3.8) is 0 Å². The summed E-state index contributed by atoms with van der Waals surface area (Å²) in [6.45, 7) is 13.8. The fraction of sp³-hybridized carbons (Fsp3) is 0.571. The van der Waals surface area contributed by atoms with Crippen LogP contribution in [0.1, 0.15) is 47.5 Å². The van der Waals surface area contributed by atoms with Crippen LogP contribution in [-0.2, 0) is 9.47 Å². The quantitative estimate of drug-likeness (QED) is 0.697. The average Bonchev–Trinajstić information content (AvgIpc) is 2.71. The number of hydrogen-bond acceptors (Lipinski definition) is 2. The molecule has 0 radical (unpaired) electrons. The van der Waals surface area contributed by atoms with Gasteiger partial charge in [0.15, 0.2) is 11.5 Å². The highest BCUT2D eigenvalue weighted by Crippen LogP contribution is 2.36. The first-order valence-corrected chi connectivity index (χ1v) is 6.08. The Morgan fingerprint density at radius 3 is 2.00 bits per heavy atom. The lowest BCUT2D eigenvalue weighted by molar-refractivity contribution is -0.153. The summed E-state index contributed by atoms with van der Waals surface area (Å²) < 4.78 is 11.5. The molecule has 1 rings (SSSR count). The Bertz CT molecular complexity index is 270. The lowest BCUT2D eigenvalue weighted by Crippen LogP contribution is -2.28. The Kier molecular flexibility index (Phi) is 6.63. The van der Waals surface area contributed by atoms with Gasteiger partial charge >= 0.3 is 0 Å². The van der Waals surface area contributed by atoms with Crippen molar-refractivity contribution in [2.24, 2.45) is 0 Å². The second kappa shape index (κ2) is 7.15. The third-order valence-corrected chi connectivity index (χ3v) is 2.42. The van der Waals surface area contributed by atoms with Gasteiger partial charge in [-0.05, 0) is 19.1 Å². The second-order valence-electron chi connectivity index (χ2n) is 3.25. The van der Waals surface area contributed by atoms with Crippen LogP contribution in [0.2, 0.25) is 0 Å². The zero-order valence-corrected chi connectivity index (χ0v) is 11.2. The highest BCUT2D eigenvalue weighted by Gasteiger charge is 2.37. The van der Waals surface area contributed by atoms with Gasteiger partial charge in [0.25, 0.3) is 5.79 Å². The van der Waals surface area contributed by atoms with Crippen molar-refractivity contribution >= 4 is 0 Å². The van der Waals surface area contributed by atoms with E-state index in [1.54, 1.807) is 6.08 Å². The minimum absolute atomic E-state index is 0.474. The maximum atomic E-state index is 5.79. The van der Waals surface area contributed by atoms with Crippen molar-refractivity contribution in [2.75, 3.05) is 0 Å². The minimum Gasteiger partial charge on any atom is -0.448 e. The van der Waals surface area contributed by atoms with Crippen molar-refractivity contribution in [3.8, 4) is 0 Å². The molecular weight excluding hydrogens is 200 g/mol. The predicted octanol–water partition coefficient (Wildman–Crippen LogP) is 4.55. The maximum absolute atomic E-state index is 5.79. The topological polar surface area (TPSA) is 18.5 Å². The fourth-order valence-electron chi connectivity index (χ4n) is 1.47. The Balaban J connectivity index is 0.00000106. The first kappa shape index (κ1) is 14.8. The molecule has 0 saturated heterocycles. The summed E-state index contributed by atoms with van der Waals surface area (Å²) in [5.41, 5.74) is 0. The summed E-state index contributed by atoms with van der Waals surface area (Å²) in [7, 11) is 0. The van der Waals surface area contributed by atoms with Crippen LogP contribution in [0.5, 0.6) is 0 Å².